The summed E-state index contributed by atoms with van der Waals surface area (Å²) in [6.07, 6.45) is 7.78. The molecule has 29 heavy (non-hydrogen) atoms. The molecule has 156 valence electrons. The Labute approximate surface area is 173 Å². The van der Waals surface area contributed by atoms with Crippen molar-refractivity contribution in [2.45, 2.75) is 13.5 Å². The maximum atomic E-state index is 6.19. The zero-order valence-electron chi connectivity index (χ0n) is 17.7. The molecular weight excluding hydrogens is 364 g/mol. The van der Waals surface area contributed by atoms with E-state index in [2.05, 4.69) is 39.8 Å². The minimum atomic E-state index is 0.643. The number of benzene rings is 1. The molecule has 1 aromatic heterocycles. The van der Waals surface area contributed by atoms with Gasteiger partial charge in [0.15, 0.2) is 0 Å². The van der Waals surface area contributed by atoms with Crippen molar-refractivity contribution in [1.82, 2.24) is 24.9 Å². The molecule has 3 rings (SSSR count). The molecule has 0 saturated carbocycles. The molecule has 0 amide bonds. The van der Waals surface area contributed by atoms with Gasteiger partial charge in [-0.25, -0.2) is 0 Å². The third-order valence-electron chi connectivity index (χ3n) is 5.21. The van der Waals surface area contributed by atoms with Crippen LogP contribution in [0.5, 0.6) is 5.75 Å². The molecule has 0 spiro atoms. The summed E-state index contributed by atoms with van der Waals surface area (Å²) in [5.74, 6) is 1.86. The lowest BCUT2D eigenvalue weighted by molar-refractivity contribution is 0.147. The number of allylic oxidation sites excluding steroid dienone is 2. The molecule has 3 N–H and O–H groups in total. The number of nitrogens with one attached hydrogen (secondary N) is 1. The van der Waals surface area contributed by atoms with Gasteiger partial charge in [0.05, 0.1) is 19.0 Å². The predicted molar refractivity (Wildman–Crippen MR) is 118 cm³/mol. The van der Waals surface area contributed by atoms with Gasteiger partial charge in [0.2, 0.25) is 0 Å². The first-order valence-electron chi connectivity index (χ1n) is 10.0. The highest BCUT2D eigenvalue weighted by Crippen LogP contribution is 2.33. The van der Waals surface area contributed by atoms with Gasteiger partial charge in [-0.15, -0.1) is 0 Å². The minimum Gasteiger partial charge on any atom is -0.495 e. The van der Waals surface area contributed by atoms with Gasteiger partial charge < -0.3 is 20.7 Å². The number of anilines is 1. The van der Waals surface area contributed by atoms with Crippen LogP contribution in [0.15, 0.2) is 49.1 Å². The van der Waals surface area contributed by atoms with E-state index in [0.29, 0.717) is 5.69 Å². The lowest BCUT2D eigenvalue weighted by atomic mass is 10.00. The van der Waals surface area contributed by atoms with E-state index in [9.17, 15) is 0 Å². The van der Waals surface area contributed by atoms with Gasteiger partial charge in [-0.3, -0.25) is 9.58 Å². The largest absolute Gasteiger partial charge is 0.495 e. The van der Waals surface area contributed by atoms with Crippen LogP contribution in [-0.2, 0) is 13.6 Å². The van der Waals surface area contributed by atoms with Crippen LogP contribution in [0.2, 0.25) is 0 Å². The quantitative estimate of drug-likeness (QED) is 0.528. The number of hydrogen-bond donors (Lipinski definition) is 2. The average molecular weight is 397 g/mol. The number of nitrogen functional groups attached to an aromatic ring is 1. The van der Waals surface area contributed by atoms with Crippen LogP contribution in [0.3, 0.4) is 0 Å². The highest BCUT2D eigenvalue weighted by atomic mass is 16.5. The first-order valence-corrected chi connectivity index (χ1v) is 10.0. The lowest BCUT2D eigenvalue weighted by Crippen LogP contribution is -2.47. The second-order valence-corrected chi connectivity index (χ2v) is 7.24. The van der Waals surface area contributed by atoms with Crippen LogP contribution in [0.25, 0.3) is 11.1 Å². The molecule has 1 saturated heterocycles. The van der Waals surface area contributed by atoms with Gasteiger partial charge in [0, 0.05) is 58.1 Å². The number of nitrogens with zero attached hydrogens (tertiary/aromatic N) is 4. The van der Waals surface area contributed by atoms with Gasteiger partial charge in [0.1, 0.15) is 11.6 Å². The van der Waals surface area contributed by atoms with Crippen molar-refractivity contribution in [3.63, 3.8) is 0 Å². The third kappa shape index (κ3) is 4.92. The maximum Gasteiger partial charge on any atom is 0.142 e. The summed E-state index contributed by atoms with van der Waals surface area (Å²) in [6, 6.07) is 4.06. The molecule has 0 unspecified atom stereocenters. The molecule has 0 bridgehead atoms. The minimum absolute atomic E-state index is 0.643. The summed E-state index contributed by atoms with van der Waals surface area (Å²) in [6.45, 7) is 11.6. The monoisotopic (exact) mass is 396 g/mol. The van der Waals surface area contributed by atoms with E-state index in [1.54, 1.807) is 7.11 Å². The summed E-state index contributed by atoms with van der Waals surface area (Å²) in [5.41, 5.74) is 10.2. The van der Waals surface area contributed by atoms with Crippen molar-refractivity contribution in [3.8, 4) is 16.9 Å². The normalized spacial score (nSPS) is 15.4. The fraction of sp³-hybridized carbons (Fsp3) is 0.409. The topological polar surface area (TPSA) is 71.6 Å². The number of piperazine rings is 1. The van der Waals surface area contributed by atoms with Crippen molar-refractivity contribution in [1.29, 1.82) is 0 Å². The molecule has 7 nitrogen and oxygen atoms in total. The van der Waals surface area contributed by atoms with E-state index < -0.39 is 0 Å². The fourth-order valence-corrected chi connectivity index (χ4v) is 3.73. The summed E-state index contributed by atoms with van der Waals surface area (Å²) < 4.78 is 7.29. The van der Waals surface area contributed by atoms with Crippen molar-refractivity contribution in [3.05, 3.63) is 54.6 Å². The Bertz CT molecular complexity index is 864. The SMILES string of the molecule is C=C/C=C(\NCC)N1CCN(Cc2cc(OC)c(N)cc2-c2cnn(C)c2)CC1. The summed E-state index contributed by atoms with van der Waals surface area (Å²) in [4.78, 5) is 4.85. The zero-order chi connectivity index (χ0) is 20.8. The van der Waals surface area contributed by atoms with Crippen molar-refractivity contribution in [2.24, 2.45) is 7.05 Å². The molecular formula is C22H32N6O. The predicted octanol–water partition coefficient (Wildman–Crippen LogP) is 2.43. The Balaban J connectivity index is 1.77. The smallest absolute Gasteiger partial charge is 0.142 e. The molecule has 0 atom stereocenters. The van der Waals surface area contributed by atoms with Crippen LogP contribution in [0.1, 0.15) is 12.5 Å². The Morgan fingerprint density at radius 3 is 2.66 bits per heavy atom. The van der Waals surface area contributed by atoms with Crippen molar-refractivity contribution < 1.29 is 4.74 Å². The molecule has 2 heterocycles. The van der Waals surface area contributed by atoms with Crippen LogP contribution >= 0.6 is 0 Å². The number of rotatable bonds is 8. The molecule has 0 aliphatic carbocycles. The van der Waals surface area contributed by atoms with Crippen LogP contribution in [0.4, 0.5) is 5.69 Å². The van der Waals surface area contributed by atoms with Crippen LogP contribution < -0.4 is 15.8 Å². The standard InChI is InChI=1S/C22H32N6O/c1-5-7-22(24-6-2)28-10-8-27(9-11-28)16-17-12-21(29-4)20(23)13-19(17)18-14-25-26(3)15-18/h5,7,12-15,24H,1,6,8-11,16,23H2,2-4H3/b22-7+. The van der Waals surface area contributed by atoms with E-state index in [4.69, 9.17) is 10.5 Å². The number of aromatic nitrogens is 2. The molecule has 1 aliphatic heterocycles. The van der Waals surface area contributed by atoms with E-state index in [1.165, 1.54) is 5.56 Å². The summed E-state index contributed by atoms with van der Waals surface area (Å²) >= 11 is 0. The Kier molecular flexibility index (Phi) is 6.82. The molecule has 1 fully saturated rings. The van der Waals surface area contributed by atoms with Crippen LogP contribution in [0, 0.1) is 0 Å². The van der Waals surface area contributed by atoms with Gasteiger partial charge in [0.25, 0.3) is 0 Å². The Morgan fingerprint density at radius 1 is 1.31 bits per heavy atom. The number of methoxy groups -OCH3 is 1. The molecule has 1 aliphatic rings. The number of ether oxygens (including phenoxy) is 1. The fourth-order valence-electron chi connectivity index (χ4n) is 3.73. The van der Waals surface area contributed by atoms with Gasteiger partial charge in [-0.2, -0.15) is 5.10 Å². The number of nitrogens with two attached hydrogens (primary N) is 1. The highest BCUT2D eigenvalue weighted by Gasteiger charge is 2.21. The van der Waals surface area contributed by atoms with E-state index in [0.717, 1.165) is 62.0 Å². The van der Waals surface area contributed by atoms with Gasteiger partial charge in [-0.1, -0.05) is 12.7 Å². The van der Waals surface area contributed by atoms with Gasteiger partial charge in [-0.05, 0) is 36.3 Å². The summed E-state index contributed by atoms with van der Waals surface area (Å²) in [5, 5.41) is 7.75. The maximum absolute atomic E-state index is 6.19. The summed E-state index contributed by atoms with van der Waals surface area (Å²) in [7, 11) is 3.58. The molecule has 0 radical (unpaired) electrons. The Hall–Kier alpha value is -2.93. The average Bonchev–Trinajstić information content (AvgIpc) is 3.15. The van der Waals surface area contributed by atoms with E-state index in [-0.39, 0.29) is 0 Å². The second kappa shape index (κ2) is 9.52. The first kappa shape index (κ1) is 20.8. The van der Waals surface area contributed by atoms with Crippen molar-refractivity contribution >= 4 is 5.69 Å². The molecule has 7 heteroatoms. The molecule has 1 aromatic carbocycles. The Morgan fingerprint density at radius 2 is 2.07 bits per heavy atom. The lowest BCUT2D eigenvalue weighted by Gasteiger charge is -2.37. The third-order valence-corrected chi connectivity index (χ3v) is 5.21. The van der Waals surface area contributed by atoms with Crippen LogP contribution in [-0.4, -0.2) is 59.4 Å². The zero-order valence-corrected chi connectivity index (χ0v) is 17.7. The van der Waals surface area contributed by atoms with Crippen molar-refractivity contribution in [2.75, 3.05) is 45.6 Å². The number of hydrogen-bond acceptors (Lipinski definition) is 6. The first-order chi connectivity index (χ1) is 14.0. The van der Waals surface area contributed by atoms with E-state index in [1.807, 2.05) is 42.3 Å². The van der Waals surface area contributed by atoms with E-state index >= 15 is 0 Å². The highest BCUT2D eigenvalue weighted by molar-refractivity contribution is 5.73. The number of aryl methyl sites for hydroxylation is 1. The van der Waals surface area contributed by atoms with Gasteiger partial charge >= 0.3 is 0 Å². The molecule has 2 aromatic rings. The second-order valence-electron chi connectivity index (χ2n) is 7.24.